The molecule has 0 aliphatic heterocycles. The van der Waals surface area contributed by atoms with Gasteiger partial charge in [-0.15, -0.1) is 0 Å². The number of hydrogen-bond acceptors (Lipinski definition) is 5. The van der Waals surface area contributed by atoms with Gasteiger partial charge < -0.3 is 10.1 Å². The molecule has 1 saturated carbocycles. The molecule has 0 bridgehead atoms. The van der Waals surface area contributed by atoms with E-state index >= 15 is 0 Å². The van der Waals surface area contributed by atoms with Gasteiger partial charge in [0.15, 0.2) is 0 Å². The van der Waals surface area contributed by atoms with E-state index in [9.17, 15) is 0 Å². The number of nitrogens with one attached hydrogen (secondary N) is 1. The van der Waals surface area contributed by atoms with Crippen molar-refractivity contribution in [3.05, 3.63) is 5.28 Å². The van der Waals surface area contributed by atoms with Crippen molar-refractivity contribution < 1.29 is 4.74 Å². The Morgan fingerprint density at radius 1 is 1.31 bits per heavy atom. The Hall–Kier alpha value is -1.10. The van der Waals surface area contributed by atoms with E-state index in [1.54, 1.807) is 0 Å². The average molecular weight is 243 g/mol. The summed E-state index contributed by atoms with van der Waals surface area (Å²) in [6.45, 7) is 3.83. The van der Waals surface area contributed by atoms with Crippen LogP contribution in [0.1, 0.15) is 33.1 Å². The first kappa shape index (κ1) is 11.4. The SMILES string of the molecule is CC(C)Oc1nc(Cl)nc(NC2CCC2)n1. The third-order valence-corrected chi connectivity index (χ3v) is 2.54. The summed E-state index contributed by atoms with van der Waals surface area (Å²) in [5, 5.41) is 3.37. The molecule has 6 heteroatoms. The van der Waals surface area contributed by atoms with Crippen molar-refractivity contribution in [1.29, 1.82) is 0 Å². The number of hydrogen-bond donors (Lipinski definition) is 1. The molecule has 1 aromatic rings. The maximum absolute atomic E-state index is 5.80. The predicted molar refractivity (Wildman–Crippen MR) is 61.9 cm³/mol. The second-order valence-electron chi connectivity index (χ2n) is 4.15. The van der Waals surface area contributed by atoms with Gasteiger partial charge in [0, 0.05) is 6.04 Å². The average Bonchev–Trinajstić information content (AvgIpc) is 2.09. The summed E-state index contributed by atoms with van der Waals surface area (Å²) >= 11 is 5.80. The number of anilines is 1. The van der Waals surface area contributed by atoms with Gasteiger partial charge in [-0.1, -0.05) is 0 Å². The molecule has 1 aliphatic carbocycles. The van der Waals surface area contributed by atoms with Crippen LogP contribution in [0.3, 0.4) is 0 Å². The van der Waals surface area contributed by atoms with E-state index < -0.39 is 0 Å². The highest BCUT2D eigenvalue weighted by Gasteiger charge is 2.19. The fraction of sp³-hybridized carbons (Fsp3) is 0.700. The molecule has 16 heavy (non-hydrogen) atoms. The third-order valence-electron chi connectivity index (χ3n) is 2.37. The standard InChI is InChI=1S/C10H15ClN4O/c1-6(2)16-10-14-8(11)13-9(15-10)12-7-4-3-5-7/h6-7H,3-5H2,1-2H3,(H,12,13,14,15). The maximum atomic E-state index is 5.80. The molecule has 0 amide bonds. The minimum atomic E-state index is 0.0232. The van der Waals surface area contributed by atoms with E-state index in [2.05, 4.69) is 20.3 Å². The van der Waals surface area contributed by atoms with Gasteiger partial charge >= 0.3 is 6.01 Å². The molecule has 0 radical (unpaired) electrons. The molecule has 1 heterocycles. The van der Waals surface area contributed by atoms with Crippen LogP contribution < -0.4 is 10.1 Å². The summed E-state index contributed by atoms with van der Waals surface area (Å²) in [7, 11) is 0. The molecule has 2 rings (SSSR count). The predicted octanol–water partition coefficient (Wildman–Crippen LogP) is 2.28. The van der Waals surface area contributed by atoms with Gasteiger partial charge in [-0.3, -0.25) is 0 Å². The monoisotopic (exact) mass is 242 g/mol. The first-order valence-electron chi connectivity index (χ1n) is 5.48. The molecule has 1 aromatic heterocycles. The molecule has 0 unspecified atom stereocenters. The smallest absolute Gasteiger partial charge is 0.322 e. The third kappa shape index (κ3) is 2.95. The molecule has 0 spiro atoms. The lowest BCUT2D eigenvalue weighted by Crippen LogP contribution is -2.28. The Morgan fingerprint density at radius 3 is 2.62 bits per heavy atom. The lowest BCUT2D eigenvalue weighted by Gasteiger charge is -2.26. The van der Waals surface area contributed by atoms with Gasteiger partial charge in [-0.25, -0.2) is 0 Å². The highest BCUT2D eigenvalue weighted by Crippen LogP contribution is 2.22. The number of rotatable bonds is 4. The summed E-state index contributed by atoms with van der Waals surface area (Å²) in [5.74, 6) is 0.500. The van der Waals surface area contributed by atoms with Crippen LogP contribution in [0.4, 0.5) is 5.95 Å². The van der Waals surface area contributed by atoms with Crippen molar-refractivity contribution in [3.8, 4) is 6.01 Å². The lowest BCUT2D eigenvalue weighted by atomic mass is 9.93. The van der Waals surface area contributed by atoms with Gasteiger partial charge in [-0.05, 0) is 44.7 Å². The molecular formula is C10H15ClN4O. The van der Waals surface area contributed by atoms with E-state index in [1.807, 2.05) is 13.8 Å². The van der Waals surface area contributed by atoms with Crippen molar-refractivity contribution >= 4 is 17.5 Å². The zero-order valence-electron chi connectivity index (χ0n) is 9.40. The van der Waals surface area contributed by atoms with Gasteiger partial charge in [0.1, 0.15) is 0 Å². The molecule has 1 N–H and O–H groups in total. The van der Waals surface area contributed by atoms with E-state index in [1.165, 1.54) is 6.42 Å². The fourth-order valence-electron chi connectivity index (χ4n) is 1.40. The fourth-order valence-corrected chi connectivity index (χ4v) is 1.55. The van der Waals surface area contributed by atoms with Crippen molar-refractivity contribution in [3.63, 3.8) is 0 Å². The Morgan fingerprint density at radius 2 is 2.06 bits per heavy atom. The Balaban J connectivity index is 2.08. The van der Waals surface area contributed by atoms with Crippen LogP contribution >= 0.6 is 11.6 Å². The van der Waals surface area contributed by atoms with Crippen LogP contribution in [0.25, 0.3) is 0 Å². The zero-order valence-corrected chi connectivity index (χ0v) is 10.2. The van der Waals surface area contributed by atoms with Crippen molar-refractivity contribution in [2.75, 3.05) is 5.32 Å². The largest absolute Gasteiger partial charge is 0.461 e. The molecular weight excluding hydrogens is 228 g/mol. The molecule has 1 fully saturated rings. The van der Waals surface area contributed by atoms with Gasteiger partial charge in [0.2, 0.25) is 11.2 Å². The highest BCUT2D eigenvalue weighted by molar-refractivity contribution is 6.28. The Kier molecular flexibility index (Phi) is 3.43. The Bertz CT molecular complexity index is 368. The topological polar surface area (TPSA) is 59.9 Å². The van der Waals surface area contributed by atoms with E-state index in [4.69, 9.17) is 16.3 Å². The van der Waals surface area contributed by atoms with Crippen LogP contribution in [0, 0.1) is 0 Å². The Labute approximate surface area is 99.6 Å². The minimum Gasteiger partial charge on any atom is -0.461 e. The van der Waals surface area contributed by atoms with Gasteiger partial charge in [0.05, 0.1) is 6.10 Å². The lowest BCUT2D eigenvalue weighted by molar-refractivity contribution is 0.221. The van der Waals surface area contributed by atoms with E-state index in [0.29, 0.717) is 12.0 Å². The second-order valence-corrected chi connectivity index (χ2v) is 4.49. The van der Waals surface area contributed by atoms with Crippen LogP contribution in [-0.4, -0.2) is 27.1 Å². The quantitative estimate of drug-likeness (QED) is 0.878. The summed E-state index contributed by atoms with van der Waals surface area (Å²) in [6, 6.07) is 0.738. The minimum absolute atomic E-state index is 0.0232. The van der Waals surface area contributed by atoms with Crippen LogP contribution in [0.15, 0.2) is 0 Å². The van der Waals surface area contributed by atoms with Crippen molar-refractivity contribution in [2.24, 2.45) is 0 Å². The molecule has 0 atom stereocenters. The second kappa shape index (κ2) is 4.82. The summed E-state index contributed by atoms with van der Waals surface area (Å²) in [6.07, 6.45) is 3.59. The zero-order chi connectivity index (χ0) is 11.5. The van der Waals surface area contributed by atoms with Gasteiger partial charge in [0.25, 0.3) is 0 Å². The number of nitrogens with zero attached hydrogens (tertiary/aromatic N) is 3. The molecule has 88 valence electrons. The maximum Gasteiger partial charge on any atom is 0.322 e. The highest BCUT2D eigenvalue weighted by atomic mass is 35.5. The molecule has 0 saturated heterocycles. The van der Waals surface area contributed by atoms with Crippen LogP contribution in [-0.2, 0) is 0 Å². The normalized spacial score (nSPS) is 16.0. The van der Waals surface area contributed by atoms with Crippen molar-refractivity contribution in [2.45, 2.75) is 45.3 Å². The van der Waals surface area contributed by atoms with Crippen LogP contribution in [0.5, 0.6) is 6.01 Å². The summed E-state index contributed by atoms with van der Waals surface area (Å²) in [5.41, 5.74) is 0. The number of ether oxygens (including phenoxy) is 1. The number of aromatic nitrogens is 3. The first-order chi connectivity index (χ1) is 7.63. The van der Waals surface area contributed by atoms with Crippen LogP contribution in [0.2, 0.25) is 5.28 Å². The first-order valence-corrected chi connectivity index (χ1v) is 5.86. The summed E-state index contributed by atoms with van der Waals surface area (Å²) < 4.78 is 5.38. The van der Waals surface area contributed by atoms with Crippen molar-refractivity contribution in [1.82, 2.24) is 15.0 Å². The summed E-state index contributed by atoms with van der Waals surface area (Å²) in [4.78, 5) is 12.1. The van der Waals surface area contributed by atoms with E-state index in [0.717, 1.165) is 12.8 Å². The van der Waals surface area contributed by atoms with E-state index in [-0.39, 0.29) is 17.4 Å². The van der Waals surface area contributed by atoms with Gasteiger partial charge in [-0.2, -0.15) is 15.0 Å². The molecule has 5 nitrogen and oxygen atoms in total. The number of halogens is 1. The molecule has 0 aromatic carbocycles. The molecule has 1 aliphatic rings.